The summed E-state index contributed by atoms with van der Waals surface area (Å²) >= 11 is 0. The molecule has 2 aliphatic heterocycles. The number of aryl methyl sites for hydroxylation is 1. The van der Waals surface area contributed by atoms with Gasteiger partial charge in [-0.05, 0) is 43.2 Å². The SMILES string of the molecule is Cn1nc(C(=O)N2CCCC(C(=O)Nc3ccccc3)C2)c2c1CCN(C(=O)c1cccc(F)c1)C2. The molecular weight excluding hydrogens is 461 g/mol. The molecule has 9 heteroatoms. The van der Waals surface area contributed by atoms with Gasteiger partial charge in [0.25, 0.3) is 11.8 Å². The third kappa shape index (κ3) is 4.73. The van der Waals surface area contributed by atoms with Crippen LogP contribution in [-0.4, -0.2) is 56.9 Å². The number of anilines is 1. The van der Waals surface area contributed by atoms with Crippen LogP contribution in [0.25, 0.3) is 0 Å². The largest absolute Gasteiger partial charge is 0.336 e. The summed E-state index contributed by atoms with van der Waals surface area (Å²) in [5.41, 5.74) is 2.95. The van der Waals surface area contributed by atoms with Gasteiger partial charge in [0.15, 0.2) is 5.69 Å². The maximum absolute atomic E-state index is 13.7. The number of carbonyl (C=O) groups excluding carboxylic acids is 3. The van der Waals surface area contributed by atoms with Gasteiger partial charge < -0.3 is 15.1 Å². The predicted molar refractivity (Wildman–Crippen MR) is 132 cm³/mol. The summed E-state index contributed by atoms with van der Waals surface area (Å²) < 4.78 is 15.4. The molecule has 0 radical (unpaired) electrons. The molecule has 36 heavy (non-hydrogen) atoms. The fraction of sp³-hybridized carbons (Fsp3) is 0.333. The zero-order valence-electron chi connectivity index (χ0n) is 20.1. The first-order valence-electron chi connectivity index (χ1n) is 12.2. The number of piperidine rings is 1. The number of hydrogen-bond donors (Lipinski definition) is 1. The number of rotatable bonds is 4. The van der Waals surface area contributed by atoms with Crippen LogP contribution < -0.4 is 5.32 Å². The molecule has 1 N–H and O–H groups in total. The van der Waals surface area contributed by atoms with E-state index in [1.165, 1.54) is 18.2 Å². The van der Waals surface area contributed by atoms with E-state index in [-0.39, 0.29) is 35.7 Å². The first kappa shape index (κ1) is 23.7. The minimum Gasteiger partial charge on any atom is -0.336 e. The van der Waals surface area contributed by atoms with E-state index in [4.69, 9.17) is 0 Å². The van der Waals surface area contributed by atoms with Crippen molar-refractivity contribution in [2.24, 2.45) is 13.0 Å². The van der Waals surface area contributed by atoms with Gasteiger partial charge in [0.05, 0.1) is 12.5 Å². The fourth-order valence-corrected chi connectivity index (χ4v) is 5.03. The first-order valence-corrected chi connectivity index (χ1v) is 12.2. The molecule has 2 aliphatic rings. The molecule has 1 unspecified atom stereocenters. The predicted octanol–water partition coefficient (Wildman–Crippen LogP) is 3.25. The highest BCUT2D eigenvalue weighted by Crippen LogP contribution is 2.27. The Labute approximate surface area is 208 Å². The third-order valence-corrected chi connectivity index (χ3v) is 6.92. The molecule has 3 amide bonds. The second-order valence-electron chi connectivity index (χ2n) is 9.33. The average molecular weight is 490 g/mol. The lowest BCUT2D eigenvalue weighted by Gasteiger charge is -2.32. The molecule has 0 spiro atoms. The molecule has 3 aromatic rings. The summed E-state index contributed by atoms with van der Waals surface area (Å²) in [6.45, 7) is 1.55. The Hall–Kier alpha value is -4.01. The van der Waals surface area contributed by atoms with Crippen molar-refractivity contribution < 1.29 is 18.8 Å². The van der Waals surface area contributed by atoms with E-state index in [0.29, 0.717) is 38.2 Å². The number of aromatic nitrogens is 2. The number of nitrogens with zero attached hydrogens (tertiary/aromatic N) is 4. The van der Waals surface area contributed by atoms with Gasteiger partial charge in [0.1, 0.15) is 5.82 Å². The molecular formula is C27H28FN5O3. The van der Waals surface area contributed by atoms with Crippen molar-refractivity contribution in [1.29, 1.82) is 0 Å². The molecule has 0 saturated carbocycles. The van der Waals surface area contributed by atoms with Gasteiger partial charge in [0.2, 0.25) is 5.91 Å². The monoisotopic (exact) mass is 489 g/mol. The Kier molecular flexibility index (Phi) is 6.54. The lowest BCUT2D eigenvalue weighted by molar-refractivity contribution is -0.121. The van der Waals surface area contributed by atoms with Gasteiger partial charge in [-0.2, -0.15) is 5.10 Å². The highest BCUT2D eigenvalue weighted by molar-refractivity contribution is 5.97. The summed E-state index contributed by atoms with van der Waals surface area (Å²) in [5.74, 6) is -1.39. The summed E-state index contributed by atoms with van der Waals surface area (Å²) in [6, 6.07) is 14.9. The molecule has 3 heterocycles. The van der Waals surface area contributed by atoms with Crippen molar-refractivity contribution >= 4 is 23.4 Å². The molecule has 1 fully saturated rings. The van der Waals surface area contributed by atoms with Gasteiger partial charge in [-0.15, -0.1) is 0 Å². The second-order valence-corrected chi connectivity index (χ2v) is 9.33. The van der Waals surface area contributed by atoms with Crippen LogP contribution in [-0.2, 0) is 24.8 Å². The van der Waals surface area contributed by atoms with E-state index in [0.717, 1.165) is 23.4 Å². The lowest BCUT2D eigenvalue weighted by Crippen LogP contribution is -2.44. The molecule has 1 saturated heterocycles. The molecule has 1 aromatic heterocycles. The number of nitrogens with one attached hydrogen (secondary N) is 1. The fourth-order valence-electron chi connectivity index (χ4n) is 5.03. The van der Waals surface area contributed by atoms with Crippen LogP contribution >= 0.6 is 0 Å². The van der Waals surface area contributed by atoms with Gasteiger partial charge in [-0.1, -0.05) is 24.3 Å². The number of amides is 3. The van der Waals surface area contributed by atoms with Gasteiger partial charge in [0, 0.05) is 55.6 Å². The van der Waals surface area contributed by atoms with Crippen molar-refractivity contribution in [3.05, 3.63) is 82.9 Å². The van der Waals surface area contributed by atoms with E-state index < -0.39 is 5.82 Å². The number of benzene rings is 2. The Morgan fingerprint density at radius 2 is 1.81 bits per heavy atom. The van der Waals surface area contributed by atoms with E-state index >= 15 is 0 Å². The highest BCUT2D eigenvalue weighted by Gasteiger charge is 2.34. The maximum atomic E-state index is 13.7. The van der Waals surface area contributed by atoms with E-state index in [1.807, 2.05) is 30.3 Å². The molecule has 2 aromatic carbocycles. The van der Waals surface area contributed by atoms with Crippen molar-refractivity contribution in [3.63, 3.8) is 0 Å². The number of halogens is 1. The number of fused-ring (bicyclic) bond motifs is 1. The molecule has 1 atom stereocenters. The Morgan fingerprint density at radius 3 is 2.58 bits per heavy atom. The van der Waals surface area contributed by atoms with Gasteiger partial charge in [-0.25, -0.2) is 4.39 Å². The molecule has 5 rings (SSSR count). The van der Waals surface area contributed by atoms with Gasteiger partial charge >= 0.3 is 0 Å². The molecule has 0 bridgehead atoms. The van der Waals surface area contributed by atoms with E-state index in [9.17, 15) is 18.8 Å². The molecule has 186 valence electrons. The standard InChI is InChI=1S/C27H28FN5O3/c1-31-23-12-14-33(26(35)18-7-5-9-20(28)15-18)17-22(23)24(30-31)27(36)32-13-6-8-19(16-32)25(34)29-21-10-3-2-4-11-21/h2-5,7,9-11,15,19H,6,8,12-14,16-17H2,1H3,(H,29,34). The summed E-state index contributed by atoms with van der Waals surface area (Å²) in [5, 5.41) is 7.45. The number of para-hydroxylation sites is 1. The van der Waals surface area contributed by atoms with Gasteiger partial charge in [-0.3, -0.25) is 19.1 Å². The minimum absolute atomic E-state index is 0.103. The summed E-state index contributed by atoms with van der Waals surface area (Å²) in [7, 11) is 1.80. The van der Waals surface area contributed by atoms with E-state index in [2.05, 4.69) is 10.4 Å². The number of hydrogen-bond acceptors (Lipinski definition) is 4. The van der Waals surface area contributed by atoms with Crippen LogP contribution in [0.3, 0.4) is 0 Å². The quantitative estimate of drug-likeness (QED) is 0.610. The second kappa shape index (κ2) is 9.93. The lowest BCUT2D eigenvalue weighted by atomic mass is 9.96. The summed E-state index contributed by atoms with van der Waals surface area (Å²) in [4.78, 5) is 42.7. The van der Waals surface area contributed by atoms with Crippen LogP contribution in [0.5, 0.6) is 0 Å². The van der Waals surface area contributed by atoms with Crippen LogP contribution in [0.15, 0.2) is 54.6 Å². The zero-order chi connectivity index (χ0) is 25.2. The molecule has 0 aliphatic carbocycles. The Bertz CT molecular complexity index is 1310. The third-order valence-electron chi connectivity index (χ3n) is 6.92. The highest BCUT2D eigenvalue weighted by atomic mass is 19.1. The van der Waals surface area contributed by atoms with Crippen LogP contribution in [0.4, 0.5) is 10.1 Å². The normalized spacial score (nSPS) is 17.4. The van der Waals surface area contributed by atoms with Crippen molar-refractivity contribution in [1.82, 2.24) is 19.6 Å². The van der Waals surface area contributed by atoms with Crippen LogP contribution in [0.2, 0.25) is 0 Å². The zero-order valence-corrected chi connectivity index (χ0v) is 20.1. The topological polar surface area (TPSA) is 87.5 Å². The first-order chi connectivity index (χ1) is 17.4. The minimum atomic E-state index is -0.466. The van der Waals surface area contributed by atoms with Crippen LogP contribution in [0, 0.1) is 11.7 Å². The Balaban J connectivity index is 1.31. The van der Waals surface area contributed by atoms with Crippen molar-refractivity contribution in [3.8, 4) is 0 Å². The number of likely N-dealkylation sites (tertiary alicyclic amines) is 1. The smallest absolute Gasteiger partial charge is 0.274 e. The van der Waals surface area contributed by atoms with Crippen molar-refractivity contribution in [2.45, 2.75) is 25.8 Å². The maximum Gasteiger partial charge on any atom is 0.274 e. The molecule has 8 nitrogen and oxygen atoms in total. The summed E-state index contributed by atoms with van der Waals surface area (Å²) in [6.07, 6.45) is 1.98. The number of carbonyl (C=O) groups is 3. The van der Waals surface area contributed by atoms with E-state index in [1.54, 1.807) is 27.6 Å². The Morgan fingerprint density at radius 1 is 1.00 bits per heavy atom. The van der Waals surface area contributed by atoms with Crippen molar-refractivity contribution in [2.75, 3.05) is 25.0 Å². The average Bonchev–Trinajstić information content (AvgIpc) is 3.24. The van der Waals surface area contributed by atoms with Crippen LogP contribution in [0.1, 0.15) is 44.9 Å².